The monoisotopic (exact) mass is 723 g/mol. The molecule has 4 heterocycles. The highest BCUT2D eigenvalue weighted by molar-refractivity contribution is 6.09. The fraction of sp³-hybridized carbons (Fsp3) is 0.524. The fourth-order valence-electron chi connectivity index (χ4n) is 9.27. The summed E-state index contributed by atoms with van der Waals surface area (Å²) in [6, 6.07) is 11.5. The van der Waals surface area contributed by atoms with Gasteiger partial charge in [-0.3, -0.25) is 14.5 Å². The van der Waals surface area contributed by atoms with Gasteiger partial charge in [0, 0.05) is 47.5 Å². The number of aromatic nitrogens is 3. The number of aryl methyl sites for hydroxylation is 1. The van der Waals surface area contributed by atoms with Crippen molar-refractivity contribution in [2.45, 2.75) is 128 Å². The van der Waals surface area contributed by atoms with E-state index in [0.717, 1.165) is 80.2 Å². The molecule has 2 aromatic carbocycles. The van der Waals surface area contributed by atoms with Gasteiger partial charge in [-0.25, -0.2) is 18.7 Å². The summed E-state index contributed by atoms with van der Waals surface area (Å²) in [5, 5.41) is 6.16. The van der Waals surface area contributed by atoms with Crippen LogP contribution in [0.2, 0.25) is 0 Å². The van der Waals surface area contributed by atoms with Gasteiger partial charge in [0.25, 0.3) is 5.91 Å². The number of nitrogens with zero attached hydrogens (tertiary/aromatic N) is 5. The van der Waals surface area contributed by atoms with Crippen LogP contribution in [0.1, 0.15) is 113 Å². The first-order chi connectivity index (χ1) is 25.4. The molecule has 1 atom stereocenters. The topological polar surface area (TPSA) is 95.4 Å². The van der Waals surface area contributed by atoms with Gasteiger partial charge in [-0.05, 0) is 115 Å². The number of fused-ring (bicyclic) bond motifs is 3. The Labute approximate surface area is 310 Å². The van der Waals surface area contributed by atoms with E-state index in [4.69, 9.17) is 9.97 Å². The Kier molecular flexibility index (Phi) is 9.28. The van der Waals surface area contributed by atoms with Crippen molar-refractivity contribution in [2.75, 3.05) is 23.3 Å². The highest BCUT2D eigenvalue weighted by Gasteiger charge is 2.54. The molecule has 8 rings (SSSR count). The van der Waals surface area contributed by atoms with E-state index >= 15 is 4.39 Å². The Bertz CT molecular complexity index is 2060. The standard InChI is InChI=1S/C42H51F2N7O2/c1-24(2)46-40(52)31-20-35(33(44)16-26(31)5)48-39-38-36(45-23-50(38)25(3)4)21-34(47-39)27-11-12-32-37(17-27)51(41(53)42(32)13-7-6-8-14-42)30-18-29(19-30)49-15-9-10-28(43)22-49/h11-12,16-17,20-21,23-25,28-30H,6-10,13-15,18-19,22H2,1-5H3,(H,46,52)(H,47,48)/t28-,29?,30?/m1/s1. The Balaban J connectivity index is 1.18. The van der Waals surface area contributed by atoms with Gasteiger partial charge in [0.05, 0.1) is 28.6 Å². The molecule has 0 bridgehead atoms. The van der Waals surface area contributed by atoms with Crippen LogP contribution >= 0.6 is 0 Å². The van der Waals surface area contributed by atoms with Gasteiger partial charge < -0.3 is 20.1 Å². The number of piperidine rings is 1. The number of anilines is 3. The third-order valence-corrected chi connectivity index (χ3v) is 12.1. The molecule has 9 nitrogen and oxygen atoms in total. The number of rotatable bonds is 8. The number of pyridine rings is 1. The van der Waals surface area contributed by atoms with Gasteiger partial charge in [-0.15, -0.1) is 0 Å². The summed E-state index contributed by atoms with van der Waals surface area (Å²) in [5.74, 6) is -0.126. The maximum atomic E-state index is 15.6. The smallest absolute Gasteiger partial charge is 0.251 e. The lowest BCUT2D eigenvalue weighted by Gasteiger charge is -2.48. The number of alkyl halides is 1. The summed E-state index contributed by atoms with van der Waals surface area (Å²) in [6.45, 7) is 11.0. The second kappa shape index (κ2) is 13.8. The minimum absolute atomic E-state index is 0.0572. The number of benzene rings is 2. The first kappa shape index (κ1) is 35.6. The average Bonchev–Trinajstić information content (AvgIpc) is 3.63. The zero-order chi connectivity index (χ0) is 37.2. The van der Waals surface area contributed by atoms with E-state index in [9.17, 15) is 14.0 Å². The minimum atomic E-state index is -0.768. The zero-order valence-corrected chi connectivity index (χ0v) is 31.5. The number of carbonyl (C=O) groups excluding carboxylic acids is 2. The lowest BCUT2D eigenvalue weighted by molar-refractivity contribution is -0.125. The van der Waals surface area contributed by atoms with Crippen LogP contribution in [0.5, 0.6) is 0 Å². The number of likely N-dealkylation sites (tertiary alicyclic amines) is 1. The molecule has 2 aromatic heterocycles. The van der Waals surface area contributed by atoms with E-state index in [1.165, 1.54) is 6.07 Å². The van der Waals surface area contributed by atoms with E-state index in [0.29, 0.717) is 47.2 Å². The lowest BCUT2D eigenvalue weighted by Crippen LogP contribution is -2.58. The number of hydrogen-bond donors (Lipinski definition) is 2. The molecule has 1 spiro atoms. The van der Waals surface area contributed by atoms with Crippen LogP contribution < -0.4 is 15.5 Å². The van der Waals surface area contributed by atoms with Crippen LogP contribution in [0.4, 0.5) is 26.0 Å². The van der Waals surface area contributed by atoms with Crippen molar-refractivity contribution in [3.8, 4) is 11.3 Å². The van der Waals surface area contributed by atoms with E-state index < -0.39 is 17.4 Å². The predicted octanol–water partition coefficient (Wildman–Crippen LogP) is 8.52. The number of nitrogens with one attached hydrogen (secondary N) is 2. The number of halogens is 2. The Morgan fingerprint density at radius 2 is 1.77 bits per heavy atom. The quantitative estimate of drug-likeness (QED) is 0.189. The summed E-state index contributed by atoms with van der Waals surface area (Å²) in [5.41, 5.74) is 5.53. The summed E-state index contributed by atoms with van der Waals surface area (Å²) in [4.78, 5) is 41.9. The van der Waals surface area contributed by atoms with Crippen molar-refractivity contribution in [2.24, 2.45) is 0 Å². The van der Waals surface area contributed by atoms with Crippen LogP contribution in [0.25, 0.3) is 22.3 Å². The zero-order valence-electron chi connectivity index (χ0n) is 31.5. The van der Waals surface area contributed by atoms with Crippen LogP contribution in [0, 0.1) is 12.7 Å². The normalized spacial score (nSPS) is 22.8. The molecule has 2 amide bonds. The van der Waals surface area contributed by atoms with Gasteiger partial charge in [0.1, 0.15) is 17.5 Å². The molecule has 53 heavy (non-hydrogen) atoms. The van der Waals surface area contributed by atoms with Gasteiger partial charge >= 0.3 is 0 Å². The van der Waals surface area contributed by atoms with Crippen molar-refractivity contribution in [3.63, 3.8) is 0 Å². The highest BCUT2D eigenvalue weighted by atomic mass is 19.1. The van der Waals surface area contributed by atoms with Crippen molar-refractivity contribution in [3.05, 3.63) is 65.2 Å². The third kappa shape index (κ3) is 6.28. The molecule has 4 aromatic rings. The van der Waals surface area contributed by atoms with Crippen LogP contribution in [0.15, 0.2) is 42.7 Å². The molecule has 3 fully saturated rings. The summed E-state index contributed by atoms with van der Waals surface area (Å²) in [7, 11) is 0. The maximum Gasteiger partial charge on any atom is 0.251 e. The van der Waals surface area contributed by atoms with Crippen LogP contribution in [-0.4, -0.2) is 68.6 Å². The van der Waals surface area contributed by atoms with E-state index in [-0.39, 0.29) is 35.6 Å². The first-order valence-electron chi connectivity index (χ1n) is 19.6. The second-order valence-electron chi connectivity index (χ2n) is 16.4. The predicted molar refractivity (Wildman–Crippen MR) is 205 cm³/mol. The van der Waals surface area contributed by atoms with Crippen molar-refractivity contribution >= 4 is 40.0 Å². The summed E-state index contributed by atoms with van der Waals surface area (Å²) < 4.78 is 31.9. The van der Waals surface area contributed by atoms with Gasteiger partial charge in [-0.1, -0.05) is 31.4 Å². The number of amides is 2. The van der Waals surface area contributed by atoms with E-state index in [1.807, 2.05) is 24.5 Å². The number of carbonyl (C=O) groups is 2. The SMILES string of the molecule is Cc1cc(F)c(Nc2nc(-c3ccc4c(c3)N(C3CC(N5CCC[C@@H](F)C5)C3)C(=O)C43CCCCC3)cc3ncn(C(C)C)c23)cc1C(=O)NC(C)C. The molecule has 280 valence electrons. The number of hydrogen-bond acceptors (Lipinski definition) is 6. The third-order valence-electron chi connectivity index (χ3n) is 12.1. The Morgan fingerprint density at radius 3 is 2.49 bits per heavy atom. The summed E-state index contributed by atoms with van der Waals surface area (Å²) in [6.07, 6.45) is 9.13. The molecular formula is C42H51F2N7O2. The molecule has 2 saturated carbocycles. The minimum Gasteiger partial charge on any atom is -0.350 e. The molecule has 0 unspecified atom stereocenters. The molecule has 2 N–H and O–H groups in total. The molecule has 11 heteroatoms. The van der Waals surface area contributed by atoms with Crippen LogP contribution in [-0.2, 0) is 10.2 Å². The van der Waals surface area contributed by atoms with E-state index in [1.54, 1.807) is 19.3 Å². The molecule has 0 radical (unpaired) electrons. The van der Waals surface area contributed by atoms with E-state index in [2.05, 4.69) is 52.5 Å². The maximum absolute atomic E-state index is 15.6. The number of imidazole rings is 1. The first-order valence-corrected chi connectivity index (χ1v) is 19.6. The lowest BCUT2D eigenvalue weighted by atomic mass is 9.70. The van der Waals surface area contributed by atoms with Crippen molar-refractivity contribution in [1.82, 2.24) is 24.8 Å². The van der Waals surface area contributed by atoms with Crippen molar-refractivity contribution in [1.29, 1.82) is 0 Å². The molecule has 1 saturated heterocycles. The average molecular weight is 724 g/mol. The Morgan fingerprint density at radius 1 is 1.00 bits per heavy atom. The fourth-order valence-corrected chi connectivity index (χ4v) is 9.27. The molecule has 2 aliphatic heterocycles. The second-order valence-corrected chi connectivity index (χ2v) is 16.4. The molecule has 2 aliphatic carbocycles. The Hall–Kier alpha value is -4.38. The summed E-state index contributed by atoms with van der Waals surface area (Å²) >= 11 is 0. The highest BCUT2D eigenvalue weighted by Crippen LogP contribution is 2.53. The van der Waals surface area contributed by atoms with Crippen molar-refractivity contribution < 1.29 is 18.4 Å². The van der Waals surface area contributed by atoms with Crippen LogP contribution in [0.3, 0.4) is 0 Å². The van der Waals surface area contributed by atoms with Gasteiger partial charge in [0.15, 0.2) is 5.82 Å². The van der Waals surface area contributed by atoms with Gasteiger partial charge in [-0.2, -0.15) is 0 Å². The molecular weight excluding hydrogens is 673 g/mol. The molecule has 4 aliphatic rings. The van der Waals surface area contributed by atoms with Gasteiger partial charge in [0.2, 0.25) is 5.91 Å². The largest absolute Gasteiger partial charge is 0.350 e.